The number of aromatic nitrogens is 2. The number of nitrogens with one attached hydrogen (secondary N) is 1. The molecule has 17 heavy (non-hydrogen) atoms. The van der Waals surface area contributed by atoms with Gasteiger partial charge in [0.15, 0.2) is 5.82 Å². The average Bonchev–Trinajstić information content (AvgIpc) is 2.76. The normalized spacial score (nSPS) is 26.0. The molecule has 2 atom stereocenters. The van der Waals surface area contributed by atoms with Crippen LogP contribution in [0.4, 0.5) is 0 Å². The van der Waals surface area contributed by atoms with E-state index < -0.39 is 0 Å². The minimum atomic E-state index is -0.0730. The van der Waals surface area contributed by atoms with Crippen LogP contribution >= 0.6 is 11.5 Å². The number of amides is 1. The second-order valence-corrected chi connectivity index (χ2v) is 5.10. The van der Waals surface area contributed by atoms with Crippen LogP contribution in [0.5, 0.6) is 0 Å². The lowest BCUT2D eigenvalue weighted by Gasteiger charge is -2.25. The van der Waals surface area contributed by atoms with Crippen LogP contribution in [0.25, 0.3) is 0 Å². The molecule has 0 aromatic carbocycles. The molecule has 94 valence electrons. The molecule has 1 N–H and O–H groups in total. The Labute approximate surface area is 105 Å². The predicted molar refractivity (Wildman–Crippen MR) is 66.6 cm³/mol. The molecule has 0 saturated carbocycles. The van der Waals surface area contributed by atoms with E-state index in [2.05, 4.69) is 21.6 Å². The smallest absolute Gasteiger partial charge is 0.240 e. The number of likely N-dealkylation sites (tertiary alicyclic amines) is 1. The number of carbonyl (C=O) groups is 1. The number of rotatable bonds is 3. The van der Waals surface area contributed by atoms with E-state index in [1.807, 2.05) is 11.9 Å². The lowest BCUT2D eigenvalue weighted by Crippen LogP contribution is -2.46. The van der Waals surface area contributed by atoms with Gasteiger partial charge in [0.1, 0.15) is 5.51 Å². The molecule has 1 amide bonds. The molecule has 1 saturated heterocycles. The quantitative estimate of drug-likeness (QED) is 0.870. The first-order chi connectivity index (χ1) is 8.22. The summed E-state index contributed by atoms with van der Waals surface area (Å²) < 4.78 is 4.16. The van der Waals surface area contributed by atoms with Gasteiger partial charge in [0, 0.05) is 6.54 Å². The maximum Gasteiger partial charge on any atom is 0.240 e. The Morgan fingerprint density at radius 1 is 1.65 bits per heavy atom. The second kappa shape index (κ2) is 5.55. The van der Waals surface area contributed by atoms with E-state index in [4.69, 9.17) is 0 Å². The van der Waals surface area contributed by atoms with Crippen LogP contribution in [0.15, 0.2) is 5.51 Å². The van der Waals surface area contributed by atoms with Crippen LogP contribution in [0.3, 0.4) is 0 Å². The lowest BCUT2D eigenvalue weighted by atomic mass is 9.98. The van der Waals surface area contributed by atoms with Gasteiger partial charge in [0.05, 0.1) is 12.6 Å². The minimum Gasteiger partial charge on any atom is -0.334 e. The van der Waals surface area contributed by atoms with Gasteiger partial charge in [-0.25, -0.2) is 4.98 Å². The Balaban J connectivity index is 2.08. The van der Waals surface area contributed by atoms with Gasteiger partial charge < -0.3 is 10.2 Å². The highest BCUT2D eigenvalue weighted by molar-refractivity contribution is 7.03. The summed E-state index contributed by atoms with van der Waals surface area (Å²) in [5.74, 6) is 1.31. The van der Waals surface area contributed by atoms with Crippen molar-refractivity contribution in [1.29, 1.82) is 0 Å². The summed E-state index contributed by atoms with van der Waals surface area (Å²) in [7, 11) is 1.85. The zero-order valence-electron chi connectivity index (χ0n) is 10.2. The molecule has 0 aliphatic carbocycles. The van der Waals surface area contributed by atoms with Crippen LogP contribution in [0, 0.1) is 5.92 Å². The van der Waals surface area contributed by atoms with Crippen molar-refractivity contribution in [3.8, 4) is 0 Å². The SMILES string of the molecule is CNC1C(=O)N(Cc2ncsn2)CCCC1C. The summed E-state index contributed by atoms with van der Waals surface area (Å²) >= 11 is 1.33. The maximum atomic E-state index is 12.3. The Hall–Kier alpha value is -1.01. The van der Waals surface area contributed by atoms with Crippen molar-refractivity contribution in [3.63, 3.8) is 0 Å². The van der Waals surface area contributed by atoms with Crippen molar-refractivity contribution in [2.75, 3.05) is 13.6 Å². The van der Waals surface area contributed by atoms with Crippen LogP contribution in [-0.2, 0) is 11.3 Å². The van der Waals surface area contributed by atoms with Crippen molar-refractivity contribution in [3.05, 3.63) is 11.3 Å². The Kier molecular flexibility index (Phi) is 4.06. The summed E-state index contributed by atoms with van der Waals surface area (Å²) in [5, 5.41) is 3.12. The molecule has 5 nitrogen and oxygen atoms in total. The van der Waals surface area contributed by atoms with Gasteiger partial charge in [-0.1, -0.05) is 6.92 Å². The Bertz CT molecular complexity index is 368. The van der Waals surface area contributed by atoms with Crippen LogP contribution in [-0.4, -0.2) is 39.8 Å². The highest BCUT2D eigenvalue weighted by atomic mass is 32.1. The third kappa shape index (κ3) is 2.81. The van der Waals surface area contributed by atoms with E-state index in [-0.39, 0.29) is 11.9 Å². The average molecular weight is 254 g/mol. The predicted octanol–water partition coefficient (Wildman–Crippen LogP) is 0.885. The van der Waals surface area contributed by atoms with Gasteiger partial charge in [0.2, 0.25) is 5.91 Å². The van der Waals surface area contributed by atoms with Crippen molar-refractivity contribution in [2.45, 2.75) is 32.4 Å². The van der Waals surface area contributed by atoms with Gasteiger partial charge in [-0.3, -0.25) is 4.79 Å². The van der Waals surface area contributed by atoms with Crippen LogP contribution in [0.2, 0.25) is 0 Å². The molecule has 1 aliphatic heterocycles. The standard InChI is InChI=1S/C11H18N4OS/c1-8-4-3-5-15(11(16)10(8)12-2)6-9-13-7-17-14-9/h7-8,10,12H,3-6H2,1-2H3. The van der Waals surface area contributed by atoms with Gasteiger partial charge >= 0.3 is 0 Å². The van der Waals surface area contributed by atoms with Gasteiger partial charge in [-0.15, -0.1) is 0 Å². The fourth-order valence-electron chi connectivity index (χ4n) is 2.32. The summed E-state index contributed by atoms with van der Waals surface area (Å²) in [4.78, 5) is 18.3. The molecule has 2 heterocycles. The van der Waals surface area contributed by atoms with E-state index in [1.54, 1.807) is 5.51 Å². The molecule has 1 aliphatic rings. The number of carbonyl (C=O) groups excluding carboxylic acids is 1. The van der Waals surface area contributed by atoms with Crippen molar-refractivity contribution >= 4 is 17.4 Å². The topological polar surface area (TPSA) is 58.1 Å². The molecule has 1 aromatic rings. The molecule has 6 heteroatoms. The monoisotopic (exact) mass is 254 g/mol. The minimum absolute atomic E-state index is 0.0730. The summed E-state index contributed by atoms with van der Waals surface area (Å²) in [6, 6.07) is -0.0730. The van der Waals surface area contributed by atoms with E-state index in [0.29, 0.717) is 12.5 Å². The molecule has 2 rings (SSSR count). The van der Waals surface area contributed by atoms with Crippen molar-refractivity contribution < 1.29 is 4.79 Å². The Morgan fingerprint density at radius 2 is 2.47 bits per heavy atom. The first-order valence-corrected chi connectivity index (χ1v) is 6.77. The maximum absolute atomic E-state index is 12.3. The highest BCUT2D eigenvalue weighted by Crippen LogP contribution is 2.19. The first kappa shape index (κ1) is 12.4. The summed E-state index contributed by atoms with van der Waals surface area (Å²) in [6.45, 7) is 3.47. The first-order valence-electron chi connectivity index (χ1n) is 5.93. The zero-order valence-corrected chi connectivity index (χ0v) is 11.0. The molecule has 0 bridgehead atoms. The number of nitrogens with zero attached hydrogens (tertiary/aromatic N) is 3. The van der Waals surface area contributed by atoms with Crippen LogP contribution in [0.1, 0.15) is 25.6 Å². The molecule has 1 fully saturated rings. The summed E-state index contributed by atoms with van der Waals surface area (Å²) in [5.41, 5.74) is 1.70. The molecule has 1 aromatic heterocycles. The zero-order chi connectivity index (χ0) is 12.3. The van der Waals surface area contributed by atoms with E-state index in [0.717, 1.165) is 25.2 Å². The number of hydrogen-bond acceptors (Lipinski definition) is 5. The fraction of sp³-hybridized carbons (Fsp3) is 0.727. The molecule has 2 unspecified atom stereocenters. The highest BCUT2D eigenvalue weighted by Gasteiger charge is 2.31. The third-order valence-corrected chi connectivity index (χ3v) is 3.80. The van der Waals surface area contributed by atoms with E-state index >= 15 is 0 Å². The molecule has 0 radical (unpaired) electrons. The largest absolute Gasteiger partial charge is 0.334 e. The Morgan fingerprint density at radius 3 is 3.12 bits per heavy atom. The van der Waals surface area contributed by atoms with Crippen molar-refractivity contribution in [2.24, 2.45) is 5.92 Å². The third-order valence-electron chi connectivity index (χ3n) is 3.28. The van der Waals surface area contributed by atoms with E-state index in [9.17, 15) is 4.79 Å². The molecular formula is C11H18N4OS. The second-order valence-electron chi connectivity index (χ2n) is 4.49. The van der Waals surface area contributed by atoms with E-state index in [1.165, 1.54) is 11.5 Å². The number of hydrogen-bond donors (Lipinski definition) is 1. The van der Waals surface area contributed by atoms with Gasteiger partial charge in [-0.2, -0.15) is 4.37 Å². The van der Waals surface area contributed by atoms with Crippen molar-refractivity contribution in [1.82, 2.24) is 19.6 Å². The fourth-order valence-corrected chi connectivity index (χ4v) is 2.76. The lowest BCUT2D eigenvalue weighted by molar-refractivity contribution is -0.134. The molecule has 0 spiro atoms. The molecular weight excluding hydrogens is 236 g/mol. The van der Waals surface area contributed by atoms with Crippen LogP contribution < -0.4 is 5.32 Å². The summed E-state index contributed by atoms with van der Waals surface area (Å²) in [6.07, 6.45) is 2.13. The number of likely N-dealkylation sites (N-methyl/N-ethyl adjacent to an activating group) is 1. The van der Waals surface area contributed by atoms with Gasteiger partial charge in [-0.05, 0) is 37.3 Å². The van der Waals surface area contributed by atoms with Gasteiger partial charge in [0.25, 0.3) is 0 Å².